The highest BCUT2D eigenvalue weighted by atomic mass is 32.2. The molecule has 4 rings (SSSR count). The maximum atomic E-state index is 11.0. The van der Waals surface area contributed by atoms with Crippen LogP contribution in [0.2, 0.25) is 0 Å². The van der Waals surface area contributed by atoms with Gasteiger partial charge in [-0.25, -0.2) is 9.97 Å². The molecule has 6 nitrogen and oxygen atoms in total. The number of benzene rings is 1. The van der Waals surface area contributed by atoms with Crippen molar-refractivity contribution in [3.05, 3.63) is 36.2 Å². The highest BCUT2D eigenvalue weighted by molar-refractivity contribution is 7.99. The zero-order chi connectivity index (χ0) is 20.9. The number of rotatable bonds is 8. The lowest BCUT2D eigenvalue weighted by Crippen LogP contribution is -2.34. The molecule has 7 heteroatoms. The number of carboxylic acid groups (broad SMARTS) is 1. The smallest absolute Gasteiger partial charge is 0.306 e. The van der Waals surface area contributed by atoms with Gasteiger partial charge >= 0.3 is 5.97 Å². The molecular formula is C23H30N4O2S. The quantitative estimate of drug-likeness (QED) is 0.534. The Balaban J connectivity index is 1.19. The SMILES string of the molecule is CC(CCC1CCN(CCCc2ccc3c(c2)Nc2nccnc2S3)CC1)C(=O)O. The number of aromatic nitrogens is 2. The predicted octanol–water partition coefficient (Wildman–Crippen LogP) is 4.83. The number of carbonyl (C=O) groups is 1. The van der Waals surface area contributed by atoms with Crippen LogP contribution < -0.4 is 5.32 Å². The van der Waals surface area contributed by atoms with E-state index in [1.54, 1.807) is 24.2 Å². The number of nitrogens with one attached hydrogen (secondary N) is 1. The van der Waals surface area contributed by atoms with Gasteiger partial charge in [0, 0.05) is 17.3 Å². The summed E-state index contributed by atoms with van der Waals surface area (Å²) >= 11 is 1.67. The Bertz CT molecular complexity index is 883. The highest BCUT2D eigenvalue weighted by Gasteiger charge is 2.21. The van der Waals surface area contributed by atoms with Crippen molar-refractivity contribution in [2.45, 2.75) is 55.4 Å². The lowest BCUT2D eigenvalue weighted by atomic mass is 9.89. The van der Waals surface area contributed by atoms with Crippen LogP contribution in [0, 0.1) is 11.8 Å². The third-order valence-corrected chi connectivity index (χ3v) is 7.31. The van der Waals surface area contributed by atoms with E-state index in [9.17, 15) is 4.79 Å². The summed E-state index contributed by atoms with van der Waals surface area (Å²) in [5.74, 6) is 0.652. The van der Waals surface area contributed by atoms with E-state index in [4.69, 9.17) is 5.11 Å². The van der Waals surface area contributed by atoms with E-state index in [1.807, 2.05) is 6.92 Å². The van der Waals surface area contributed by atoms with Gasteiger partial charge in [-0.3, -0.25) is 4.79 Å². The second-order valence-corrected chi connectivity index (χ2v) is 9.50. The molecule has 1 aromatic carbocycles. The van der Waals surface area contributed by atoms with E-state index in [1.165, 1.54) is 23.3 Å². The van der Waals surface area contributed by atoms with Crippen molar-refractivity contribution in [3.63, 3.8) is 0 Å². The van der Waals surface area contributed by atoms with Crippen LogP contribution >= 0.6 is 11.8 Å². The molecule has 1 saturated heterocycles. The van der Waals surface area contributed by atoms with Crippen molar-refractivity contribution in [3.8, 4) is 0 Å². The molecule has 2 aromatic rings. The Kier molecular flexibility index (Phi) is 6.89. The highest BCUT2D eigenvalue weighted by Crippen LogP contribution is 2.42. The number of likely N-dealkylation sites (tertiary alicyclic amines) is 1. The van der Waals surface area contributed by atoms with Gasteiger partial charge in [-0.05, 0) is 81.8 Å². The van der Waals surface area contributed by atoms with Crippen LogP contribution in [0.25, 0.3) is 0 Å². The third kappa shape index (κ3) is 5.32. The van der Waals surface area contributed by atoms with Crippen LogP contribution in [-0.2, 0) is 11.2 Å². The van der Waals surface area contributed by atoms with E-state index in [2.05, 4.69) is 38.4 Å². The molecule has 0 amide bonds. The average Bonchev–Trinajstić information content (AvgIpc) is 2.76. The molecule has 0 saturated carbocycles. The van der Waals surface area contributed by atoms with Gasteiger partial charge in [0.15, 0.2) is 5.82 Å². The first kappa shape index (κ1) is 21.1. The third-order valence-electron chi connectivity index (χ3n) is 6.24. The van der Waals surface area contributed by atoms with Crippen molar-refractivity contribution in [1.82, 2.24) is 14.9 Å². The Hall–Kier alpha value is -2.12. The topological polar surface area (TPSA) is 78.3 Å². The Labute approximate surface area is 182 Å². The minimum absolute atomic E-state index is 0.215. The second kappa shape index (κ2) is 9.79. The van der Waals surface area contributed by atoms with Crippen LogP contribution in [0.4, 0.5) is 11.5 Å². The molecule has 3 heterocycles. The molecule has 160 valence electrons. The number of nitrogens with zero attached hydrogens (tertiary/aromatic N) is 3. The standard InChI is InChI=1S/C23H30N4O2S/c1-16(23(28)29)4-5-17-8-13-27(14-9-17)12-2-3-18-6-7-20-19(15-18)26-21-22(30-20)25-11-10-24-21/h6-7,10-11,15-17H,2-5,8-9,12-14H2,1H3,(H,24,26)(H,28,29). The summed E-state index contributed by atoms with van der Waals surface area (Å²) in [5.41, 5.74) is 2.48. The molecule has 1 unspecified atom stereocenters. The fourth-order valence-electron chi connectivity index (χ4n) is 4.25. The first-order valence-electron chi connectivity index (χ1n) is 10.9. The molecule has 0 radical (unpaired) electrons. The van der Waals surface area contributed by atoms with Crippen molar-refractivity contribution in [2.75, 3.05) is 25.0 Å². The molecule has 2 N–H and O–H groups in total. The van der Waals surface area contributed by atoms with Gasteiger partial charge in [0.25, 0.3) is 0 Å². The van der Waals surface area contributed by atoms with Gasteiger partial charge < -0.3 is 15.3 Å². The Morgan fingerprint density at radius 2 is 2.10 bits per heavy atom. The van der Waals surface area contributed by atoms with Gasteiger partial charge in [-0.1, -0.05) is 24.8 Å². The molecule has 2 aliphatic rings. The lowest BCUT2D eigenvalue weighted by molar-refractivity contribution is -0.141. The van der Waals surface area contributed by atoms with Crippen LogP contribution in [0.3, 0.4) is 0 Å². The van der Waals surface area contributed by atoms with Crippen LogP contribution in [0.1, 0.15) is 44.6 Å². The van der Waals surface area contributed by atoms with Gasteiger partial charge in [0.05, 0.1) is 11.6 Å². The maximum Gasteiger partial charge on any atom is 0.306 e. The minimum Gasteiger partial charge on any atom is -0.481 e. The van der Waals surface area contributed by atoms with Crippen LogP contribution in [-0.4, -0.2) is 45.6 Å². The number of aryl methyl sites for hydroxylation is 1. The molecule has 0 bridgehead atoms. The number of hydrogen-bond donors (Lipinski definition) is 2. The Morgan fingerprint density at radius 3 is 2.90 bits per heavy atom. The first-order chi connectivity index (χ1) is 14.6. The summed E-state index contributed by atoms with van der Waals surface area (Å²) in [6.45, 7) is 5.23. The predicted molar refractivity (Wildman–Crippen MR) is 119 cm³/mol. The summed E-state index contributed by atoms with van der Waals surface area (Å²) in [4.78, 5) is 23.5. The van der Waals surface area contributed by atoms with E-state index in [0.29, 0.717) is 5.92 Å². The van der Waals surface area contributed by atoms with E-state index >= 15 is 0 Å². The van der Waals surface area contributed by atoms with Gasteiger partial charge in [0.1, 0.15) is 5.03 Å². The monoisotopic (exact) mass is 426 g/mol. The molecular weight excluding hydrogens is 396 g/mol. The fraction of sp³-hybridized carbons (Fsp3) is 0.522. The maximum absolute atomic E-state index is 11.0. The zero-order valence-electron chi connectivity index (χ0n) is 17.5. The molecule has 1 aromatic heterocycles. The van der Waals surface area contributed by atoms with Crippen molar-refractivity contribution in [2.24, 2.45) is 11.8 Å². The molecule has 2 aliphatic heterocycles. The summed E-state index contributed by atoms with van der Waals surface area (Å²) in [7, 11) is 0. The number of fused-ring (bicyclic) bond motifs is 2. The van der Waals surface area contributed by atoms with Gasteiger partial charge in [0.2, 0.25) is 0 Å². The van der Waals surface area contributed by atoms with Crippen LogP contribution in [0.5, 0.6) is 0 Å². The number of aliphatic carboxylic acids is 1. The van der Waals surface area contributed by atoms with Crippen molar-refractivity contribution >= 4 is 29.2 Å². The molecule has 1 fully saturated rings. The molecule has 0 spiro atoms. The molecule has 0 aliphatic carbocycles. The van der Waals surface area contributed by atoms with Crippen LogP contribution in [0.15, 0.2) is 40.5 Å². The van der Waals surface area contributed by atoms with E-state index < -0.39 is 5.97 Å². The second-order valence-electron chi connectivity index (χ2n) is 8.47. The summed E-state index contributed by atoms with van der Waals surface area (Å²) < 4.78 is 0. The van der Waals surface area contributed by atoms with Gasteiger partial charge in [-0.15, -0.1) is 0 Å². The largest absolute Gasteiger partial charge is 0.481 e. The Morgan fingerprint density at radius 1 is 1.30 bits per heavy atom. The lowest BCUT2D eigenvalue weighted by Gasteiger charge is -2.32. The van der Waals surface area contributed by atoms with Crippen molar-refractivity contribution < 1.29 is 9.90 Å². The average molecular weight is 427 g/mol. The number of piperidine rings is 1. The fourth-order valence-corrected chi connectivity index (χ4v) is 5.13. The van der Waals surface area contributed by atoms with E-state index in [0.717, 1.165) is 61.8 Å². The van der Waals surface area contributed by atoms with Crippen molar-refractivity contribution in [1.29, 1.82) is 0 Å². The summed E-state index contributed by atoms with van der Waals surface area (Å²) in [6, 6.07) is 6.66. The number of carboxylic acids is 1. The number of hydrogen-bond acceptors (Lipinski definition) is 6. The molecule has 1 atom stereocenters. The normalized spacial score (nSPS) is 17.6. The summed E-state index contributed by atoms with van der Waals surface area (Å²) in [6.07, 6.45) is 9.94. The van der Waals surface area contributed by atoms with Gasteiger partial charge in [-0.2, -0.15) is 0 Å². The van der Waals surface area contributed by atoms with E-state index in [-0.39, 0.29) is 5.92 Å². The first-order valence-corrected chi connectivity index (χ1v) is 11.7. The zero-order valence-corrected chi connectivity index (χ0v) is 18.3. The minimum atomic E-state index is -0.666. The number of anilines is 2. The molecule has 30 heavy (non-hydrogen) atoms. The summed E-state index contributed by atoms with van der Waals surface area (Å²) in [5, 5.41) is 13.4.